The van der Waals surface area contributed by atoms with Crippen molar-refractivity contribution in [1.82, 2.24) is 0 Å². The van der Waals surface area contributed by atoms with Gasteiger partial charge in [-0.25, -0.2) is 0 Å². The fraction of sp³-hybridized carbons (Fsp3) is 0.600. The molecule has 1 aliphatic carbocycles. The minimum absolute atomic E-state index is 0.675. The van der Waals surface area contributed by atoms with Gasteiger partial charge in [-0.05, 0) is 18.3 Å². The zero-order valence-electron chi connectivity index (χ0n) is 7.09. The molecule has 0 aliphatic heterocycles. The van der Waals surface area contributed by atoms with Crippen molar-refractivity contribution in [3.8, 4) is 0 Å². The van der Waals surface area contributed by atoms with Gasteiger partial charge < -0.3 is 0 Å². The molecule has 0 saturated carbocycles. The van der Waals surface area contributed by atoms with Crippen molar-refractivity contribution >= 4 is 0 Å². The van der Waals surface area contributed by atoms with Gasteiger partial charge >= 0.3 is 0 Å². The summed E-state index contributed by atoms with van der Waals surface area (Å²) in [6.45, 7) is 6.80. The Bertz CT molecular complexity index is 161. The predicted molar refractivity (Wildman–Crippen MR) is 45.8 cm³/mol. The Morgan fingerprint density at radius 3 is 2.60 bits per heavy atom. The van der Waals surface area contributed by atoms with E-state index in [9.17, 15) is 0 Å². The fourth-order valence-electron chi connectivity index (χ4n) is 1.55. The second-order valence-electron chi connectivity index (χ2n) is 3.31. The van der Waals surface area contributed by atoms with Crippen molar-refractivity contribution in [3.05, 3.63) is 23.8 Å². The lowest BCUT2D eigenvalue weighted by molar-refractivity contribution is 0.653. The summed E-state index contributed by atoms with van der Waals surface area (Å²) in [6.07, 6.45) is 8.04. The highest BCUT2D eigenvalue weighted by atomic mass is 14.2. The van der Waals surface area contributed by atoms with E-state index >= 15 is 0 Å². The number of hydrogen-bond acceptors (Lipinski definition) is 0. The summed E-state index contributed by atoms with van der Waals surface area (Å²) in [5.74, 6) is 1.40. The Morgan fingerprint density at radius 1 is 1.50 bits per heavy atom. The van der Waals surface area contributed by atoms with Crippen LogP contribution in [0.15, 0.2) is 23.8 Å². The van der Waals surface area contributed by atoms with Crippen molar-refractivity contribution in [2.24, 2.45) is 11.8 Å². The van der Waals surface area contributed by atoms with Crippen LogP contribution in [0, 0.1) is 11.8 Å². The van der Waals surface area contributed by atoms with Gasteiger partial charge in [0, 0.05) is 0 Å². The zero-order chi connectivity index (χ0) is 7.56. The molecule has 1 rings (SSSR count). The van der Waals surface area contributed by atoms with Gasteiger partial charge in [-0.1, -0.05) is 44.6 Å². The van der Waals surface area contributed by atoms with Crippen LogP contribution in [0.25, 0.3) is 0 Å². The smallest absolute Gasteiger partial charge is 0.00489 e. The normalized spacial score (nSPS) is 25.2. The number of rotatable bonds is 1. The second-order valence-corrected chi connectivity index (χ2v) is 3.31. The van der Waals surface area contributed by atoms with E-state index in [0.29, 0.717) is 5.92 Å². The third-order valence-corrected chi connectivity index (χ3v) is 2.11. The Morgan fingerprint density at radius 2 is 2.20 bits per heavy atom. The molecular formula is C10H16. The molecular weight excluding hydrogens is 120 g/mol. The lowest BCUT2D eigenvalue weighted by atomic mass is 9.87. The van der Waals surface area contributed by atoms with Crippen LogP contribution in [0.5, 0.6) is 0 Å². The summed E-state index contributed by atoms with van der Waals surface area (Å²) in [5.41, 5.74) is 1.60. The van der Waals surface area contributed by atoms with Crippen molar-refractivity contribution in [2.45, 2.75) is 27.2 Å². The van der Waals surface area contributed by atoms with Gasteiger partial charge in [0.15, 0.2) is 0 Å². The highest BCUT2D eigenvalue weighted by Crippen LogP contribution is 2.24. The predicted octanol–water partition coefficient (Wildman–Crippen LogP) is 3.16. The van der Waals surface area contributed by atoms with E-state index in [1.807, 2.05) is 0 Å². The fourth-order valence-corrected chi connectivity index (χ4v) is 1.55. The molecule has 0 aromatic carbocycles. The molecule has 0 fully saturated rings. The van der Waals surface area contributed by atoms with E-state index in [4.69, 9.17) is 0 Å². The first-order valence-corrected chi connectivity index (χ1v) is 4.08. The Hall–Kier alpha value is -0.520. The summed E-state index contributed by atoms with van der Waals surface area (Å²) in [6, 6.07) is 0. The molecule has 0 amide bonds. The summed E-state index contributed by atoms with van der Waals surface area (Å²) < 4.78 is 0. The monoisotopic (exact) mass is 136 g/mol. The Balaban J connectivity index is 2.66. The maximum Gasteiger partial charge on any atom is -0.00489 e. The zero-order valence-corrected chi connectivity index (χ0v) is 7.09. The molecule has 0 heterocycles. The highest BCUT2D eigenvalue weighted by Gasteiger charge is 2.10. The van der Waals surface area contributed by atoms with Crippen molar-refractivity contribution < 1.29 is 0 Å². The average molecular weight is 136 g/mol. The SMILES string of the molecule is CC(C)C1=CCC=CC1C. The van der Waals surface area contributed by atoms with Crippen LogP contribution in [-0.4, -0.2) is 0 Å². The molecule has 1 aliphatic rings. The third kappa shape index (κ3) is 1.50. The number of allylic oxidation sites excluding steroid dienone is 4. The number of hydrogen-bond donors (Lipinski definition) is 0. The standard InChI is InChI=1S/C10H16/c1-8(2)10-7-5-4-6-9(10)3/h4,6-9H,5H2,1-3H3. The molecule has 0 aromatic rings. The topological polar surface area (TPSA) is 0 Å². The van der Waals surface area contributed by atoms with Gasteiger partial charge in [0.25, 0.3) is 0 Å². The lowest BCUT2D eigenvalue weighted by Gasteiger charge is -2.18. The van der Waals surface area contributed by atoms with Gasteiger partial charge in [-0.15, -0.1) is 0 Å². The first kappa shape index (κ1) is 7.59. The van der Waals surface area contributed by atoms with Crippen molar-refractivity contribution in [1.29, 1.82) is 0 Å². The Labute approximate surface area is 63.6 Å². The molecule has 0 nitrogen and oxygen atoms in total. The van der Waals surface area contributed by atoms with Crippen molar-refractivity contribution in [2.75, 3.05) is 0 Å². The van der Waals surface area contributed by atoms with E-state index in [2.05, 4.69) is 39.0 Å². The van der Waals surface area contributed by atoms with Crippen LogP contribution in [0.3, 0.4) is 0 Å². The molecule has 0 N–H and O–H groups in total. The van der Waals surface area contributed by atoms with Crippen LogP contribution in [0.4, 0.5) is 0 Å². The summed E-state index contributed by atoms with van der Waals surface area (Å²) in [7, 11) is 0. The van der Waals surface area contributed by atoms with Gasteiger partial charge in [0.1, 0.15) is 0 Å². The lowest BCUT2D eigenvalue weighted by Crippen LogP contribution is -2.05. The molecule has 0 saturated heterocycles. The summed E-state index contributed by atoms with van der Waals surface area (Å²) >= 11 is 0. The largest absolute Gasteiger partial charge is 0.0841 e. The van der Waals surface area contributed by atoms with E-state index < -0.39 is 0 Å². The molecule has 0 radical (unpaired) electrons. The van der Waals surface area contributed by atoms with Gasteiger partial charge in [-0.2, -0.15) is 0 Å². The molecule has 1 unspecified atom stereocenters. The summed E-state index contributed by atoms with van der Waals surface area (Å²) in [5, 5.41) is 0. The molecule has 0 aromatic heterocycles. The van der Waals surface area contributed by atoms with E-state index in [1.165, 1.54) is 0 Å². The van der Waals surface area contributed by atoms with Crippen LogP contribution in [0.2, 0.25) is 0 Å². The molecule has 0 heteroatoms. The molecule has 10 heavy (non-hydrogen) atoms. The molecule has 0 bridgehead atoms. The van der Waals surface area contributed by atoms with Gasteiger partial charge in [-0.3, -0.25) is 0 Å². The molecule has 1 atom stereocenters. The second kappa shape index (κ2) is 3.05. The van der Waals surface area contributed by atoms with Crippen molar-refractivity contribution in [3.63, 3.8) is 0 Å². The van der Waals surface area contributed by atoms with E-state index in [1.54, 1.807) is 5.57 Å². The van der Waals surface area contributed by atoms with E-state index in [0.717, 1.165) is 12.3 Å². The van der Waals surface area contributed by atoms with Crippen LogP contribution in [-0.2, 0) is 0 Å². The maximum absolute atomic E-state index is 2.36. The van der Waals surface area contributed by atoms with Crippen LogP contribution in [0.1, 0.15) is 27.2 Å². The first-order chi connectivity index (χ1) is 4.72. The van der Waals surface area contributed by atoms with E-state index in [-0.39, 0.29) is 0 Å². The quantitative estimate of drug-likeness (QED) is 0.486. The third-order valence-electron chi connectivity index (χ3n) is 2.11. The molecule has 0 spiro atoms. The molecule has 56 valence electrons. The maximum atomic E-state index is 2.36. The minimum atomic E-state index is 0.675. The highest BCUT2D eigenvalue weighted by molar-refractivity contribution is 5.20. The minimum Gasteiger partial charge on any atom is -0.0841 e. The summed E-state index contributed by atoms with van der Waals surface area (Å²) in [4.78, 5) is 0. The Kier molecular flexibility index (Phi) is 2.31. The van der Waals surface area contributed by atoms with Gasteiger partial charge in [0.2, 0.25) is 0 Å². The van der Waals surface area contributed by atoms with Crippen LogP contribution < -0.4 is 0 Å². The van der Waals surface area contributed by atoms with Crippen LogP contribution >= 0.6 is 0 Å². The van der Waals surface area contributed by atoms with Gasteiger partial charge in [0.05, 0.1) is 0 Å². The first-order valence-electron chi connectivity index (χ1n) is 4.08. The average Bonchev–Trinajstić information content (AvgIpc) is 1.88.